The summed E-state index contributed by atoms with van der Waals surface area (Å²) in [6.45, 7) is 1.27. The fraction of sp³-hybridized carbons (Fsp3) is 0.176. The Bertz CT molecular complexity index is 625. The SMILES string of the molecule is Clc1cccc(Cl)c1C=NCCCN=Cc1c(Cl)cccc1Cl. The number of benzene rings is 2. The molecule has 2 aromatic carbocycles. The van der Waals surface area contributed by atoms with Crippen LogP contribution in [0.25, 0.3) is 0 Å². The van der Waals surface area contributed by atoms with Crippen LogP contribution in [0.3, 0.4) is 0 Å². The Kier molecular flexibility index (Phi) is 7.38. The summed E-state index contributed by atoms with van der Waals surface area (Å²) in [6.07, 6.45) is 4.19. The molecule has 2 rings (SSSR count). The molecule has 0 heterocycles. The first-order valence-corrected chi connectivity index (χ1v) is 8.48. The largest absolute Gasteiger partial charge is 0.292 e. The van der Waals surface area contributed by atoms with Crippen molar-refractivity contribution < 1.29 is 0 Å². The van der Waals surface area contributed by atoms with Crippen molar-refractivity contribution >= 4 is 58.8 Å². The van der Waals surface area contributed by atoms with E-state index in [9.17, 15) is 0 Å². The van der Waals surface area contributed by atoms with Gasteiger partial charge in [0, 0.05) is 36.6 Å². The molecule has 0 saturated carbocycles. The topological polar surface area (TPSA) is 24.7 Å². The summed E-state index contributed by atoms with van der Waals surface area (Å²) < 4.78 is 0. The molecule has 0 fully saturated rings. The van der Waals surface area contributed by atoms with Gasteiger partial charge in [0.1, 0.15) is 0 Å². The molecule has 0 bridgehead atoms. The van der Waals surface area contributed by atoms with E-state index >= 15 is 0 Å². The van der Waals surface area contributed by atoms with E-state index in [1.807, 2.05) is 0 Å². The van der Waals surface area contributed by atoms with E-state index in [1.165, 1.54) is 0 Å². The average molecular weight is 388 g/mol. The number of hydrogen-bond donors (Lipinski definition) is 0. The van der Waals surface area contributed by atoms with Crippen molar-refractivity contribution in [3.05, 3.63) is 67.6 Å². The third-order valence-electron chi connectivity index (χ3n) is 3.01. The minimum absolute atomic E-state index is 0.590. The maximum absolute atomic E-state index is 6.07. The van der Waals surface area contributed by atoms with Crippen molar-refractivity contribution in [2.75, 3.05) is 13.1 Å². The van der Waals surface area contributed by atoms with Crippen LogP contribution >= 0.6 is 46.4 Å². The first-order valence-electron chi connectivity index (χ1n) is 6.97. The van der Waals surface area contributed by atoms with E-state index in [-0.39, 0.29) is 0 Å². The van der Waals surface area contributed by atoms with Gasteiger partial charge in [0.05, 0.1) is 20.1 Å². The van der Waals surface area contributed by atoms with Gasteiger partial charge in [0.15, 0.2) is 0 Å². The molecule has 0 aromatic heterocycles. The summed E-state index contributed by atoms with van der Waals surface area (Å²) in [5.74, 6) is 0. The lowest BCUT2D eigenvalue weighted by Gasteiger charge is -2.01. The molecule has 0 N–H and O–H groups in total. The van der Waals surface area contributed by atoms with Gasteiger partial charge in [0.2, 0.25) is 0 Å². The van der Waals surface area contributed by atoms with Crippen LogP contribution in [0.15, 0.2) is 46.4 Å². The summed E-state index contributed by atoms with van der Waals surface area (Å²) in [6, 6.07) is 10.7. The second-order valence-corrected chi connectivity index (χ2v) is 6.32. The van der Waals surface area contributed by atoms with Gasteiger partial charge in [0.25, 0.3) is 0 Å². The van der Waals surface area contributed by atoms with Gasteiger partial charge in [-0.2, -0.15) is 0 Å². The molecule has 23 heavy (non-hydrogen) atoms. The second-order valence-electron chi connectivity index (χ2n) is 4.69. The van der Waals surface area contributed by atoms with Crippen molar-refractivity contribution in [1.82, 2.24) is 0 Å². The zero-order chi connectivity index (χ0) is 16.7. The number of halogens is 4. The minimum Gasteiger partial charge on any atom is -0.292 e. The Balaban J connectivity index is 1.82. The van der Waals surface area contributed by atoms with Crippen molar-refractivity contribution in [2.24, 2.45) is 9.98 Å². The lowest BCUT2D eigenvalue weighted by molar-refractivity contribution is 0.851. The summed E-state index contributed by atoms with van der Waals surface area (Å²) in [5, 5.41) is 2.36. The van der Waals surface area contributed by atoms with E-state index in [1.54, 1.807) is 48.8 Å². The molecule has 0 spiro atoms. The molecule has 0 saturated heterocycles. The Morgan fingerprint density at radius 3 is 1.35 bits per heavy atom. The summed E-state index contributed by atoms with van der Waals surface area (Å²) in [5.41, 5.74) is 1.48. The lowest BCUT2D eigenvalue weighted by atomic mass is 10.2. The Morgan fingerprint density at radius 1 is 0.652 bits per heavy atom. The van der Waals surface area contributed by atoms with E-state index in [2.05, 4.69) is 9.98 Å². The Labute approximate surface area is 155 Å². The molecular formula is C17H14Cl4N2. The van der Waals surface area contributed by atoms with Crippen LogP contribution in [0.4, 0.5) is 0 Å². The molecule has 0 aliphatic rings. The van der Waals surface area contributed by atoms with Crippen LogP contribution in [-0.4, -0.2) is 25.5 Å². The van der Waals surface area contributed by atoms with E-state index in [0.717, 1.165) is 17.5 Å². The van der Waals surface area contributed by atoms with Crippen LogP contribution in [-0.2, 0) is 0 Å². The summed E-state index contributed by atoms with van der Waals surface area (Å²) >= 11 is 24.3. The van der Waals surface area contributed by atoms with Crippen LogP contribution < -0.4 is 0 Å². The van der Waals surface area contributed by atoms with Crippen molar-refractivity contribution in [1.29, 1.82) is 0 Å². The maximum Gasteiger partial charge on any atom is 0.0508 e. The van der Waals surface area contributed by atoms with Gasteiger partial charge in [-0.25, -0.2) is 0 Å². The van der Waals surface area contributed by atoms with E-state index in [4.69, 9.17) is 46.4 Å². The van der Waals surface area contributed by atoms with Gasteiger partial charge in [-0.15, -0.1) is 0 Å². The highest BCUT2D eigenvalue weighted by Crippen LogP contribution is 2.23. The Hall–Kier alpha value is -1.06. The highest BCUT2D eigenvalue weighted by Gasteiger charge is 2.02. The van der Waals surface area contributed by atoms with Gasteiger partial charge >= 0.3 is 0 Å². The fourth-order valence-electron chi connectivity index (χ4n) is 1.83. The normalized spacial score (nSPS) is 11.7. The molecule has 0 radical (unpaired) electrons. The summed E-state index contributed by atoms with van der Waals surface area (Å²) in [7, 11) is 0. The fourth-order valence-corrected chi connectivity index (χ4v) is 2.82. The summed E-state index contributed by atoms with van der Waals surface area (Å²) in [4.78, 5) is 8.65. The smallest absolute Gasteiger partial charge is 0.0508 e. The van der Waals surface area contributed by atoms with E-state index in [0.29, 0.717) is 33.2 Å². The first-order chi connectivity index (χ1) is 11.1. The molecule has 0 atom stereocenters. The second kappa shape index (κ2) is 9.29. The van der Waals surface area contributed by atoms with Gasteiger partial charge in [-0.05, 0) is 30.7 Å². The van der Waals surface area contributed by atoms with Gasteiger partial charge < -0.3 is 0 Å². The molecule has 0 amide bonds. The highest BCUT2D eigenvalue weighted by molar-refractivity contribution is 6.39. The van der Waals surface area contributed by atoms with Gasteiger partial charge in [-0.3, -0.25) is 9.98 Å². The van der Waals surface area contributed by atoms with E-state index < -0.39 is 0 Å². The number of hydrogen-bond acceptors (Lipinski definition) is 2. The monoisotopic (exact) mass is 386 g/mol. The Morgan fingerprint density at radius 2 is 1.00 bits per heavy atom. The average Bonchev–Trinajstić information content (AvgIpc) is 2.51. The number of aliphatic imine (C=N–C) groups is 2. The van der Waals surface area contributed by atoms with Crippen molar-refractivity contribution in [3.63, 3.8) is 0 Å². The van der Waals surface area contributed by atoms with Gasteiger partial charge in [-0.1, -0.05) is 58.5 Å². The van der Waals surface area contributed by atoms with Crippen molar-refractivity contribution in [2.45, 2.75) is 6.42 Å². The molecule has 6 heteroatoms. The molecule has 0 unspecified atom stereocenters. The first kappa shape index (κ1) is 18.3. The van der Waals surface area contributed by atoms with Crippen LogP contribution in [0, 0.1) is 0 Å². The van der Waals surface area contributed by atoms with Crippen LogP contribution in [0.1, 0.15) is 17.5 Å². The third-order valence-corrected chi connectivity index (χ3v) is 4.33. The highest BCUT2D eigenvalue weighted by atomic mass is 35.5. The minimum atomic E-state index is 0.590. The lowest BCUT2D eigenvalue weighted by Crippen LogP contribution is -1.91. The standard InChI is InChI=1S/C17H14Cl4N2/c18-14-4-1-5-15(19)12(14)10-22-8-3-9-23-11-13-16(20)6-2-7-17(13)21/h1-2,4-7,10-11H,3,8-9H2. The molecule has 0 aliphatic heterocycles. The number of rotatable bonds is 6. The zero-order valence-corrected chi connectivity index (χ0v) is 15.2. The molecule has 0 aliphatic carbocycles. The quantitative estimate of drug-likeness (QED) is 0.414. The molecule has 120 valence electrons. The van der Waals surface area contributed by atoms with Crippen LogP contribution in [0.5, 0.6) is 0 Å². The zero-order valence-electron chi connectivity index (χ0n) is 12.1. The third kappa shape index (κ3) is 5.50. The predicted octanol–water partition coefficient (Wildman–Crippen LogP) is 6.23. The molecule has 2 nitrogen and oxygen atoms in total. The van der Waals surface area contributed by atoms with Crippen LogP contribution in [0.2, 0.25) is 20.1 Å². The number of nitrogens with zero attached hydrogens (tertiary/aromatic N) is 2. The molecular weight excluding hydrogens is 374 g/mol. The van der Waals surface area contributed by atoms with Crippen molar-refractivity contribution in [3.8, 4) is 0 Å². The predicted molar refractivity (Wildman–Crippen MR) is 102 cm³/mol. The molecule has 2 aromatic rings. The maximum atomic E-state index is 6.07.